The van der Waals surface area contributed by atoms with Crippen LogP contribution in [0.4, 0.5) is 0 Å². The van der Waals surface area contributed by atoms with Gasteiger partial charge in [-0.3, -0.25) is 0 Å². The van der Waals surface area contributed by atoms with E-state index in [2.05, 4.69) is 12.6 Å². The van der Waals surface area contributed by atoms with Gasteiger partial charge in [0, 0.05) is 44.7 Å². The summed E-state index contributed by atoms with van der Waals surface area (Å²) < 4.78 is 0. The Labute approximate surface area is 87.9 Å². The third-order valence-corrected chi connectivity index (χ3v) is 0. The number of rotatable bonds is 0. The van der Waals surface area contributed by atoms with Crippen LogP contribution in [0.25, 0.3) is 0 Å². The summed E-state index contributed by atoms with van der Waals surface area (Å²) in [6, 6.07) is 0. The number of hydrogen-bond donors (Lipinski definition) is 2. The van der Waals surface area contributed by atoms with Crippen molar-refractivity contribution in [2.75, 3.05) is 0 Å². The topological polar surface area (TPSA) is 87.2 Å². The zero-order valence-corrected chi connectivity index (χ0v) is 11.7. The number of thiocyanates is 1. The number of nitrogens with zero attached hydrogens (tertiary/aromatic N) is 2. The van der Waals surface area contributed by atoms with Gasteiger partial charge in [-0.1, -0.05) is 12.6 Å². The van der Waals surface area contributed by atoms with Crippen LogP contribution in [0.1, 0.15) is 0 Å². The smallest absolute Gasteiger partial charge is 0.291 e. The monoisotopic (exact) mass is 380 g/mol. The van der Waals surface area contributed by atoms with Gasteiger partial charge in [-0.05, 0) is 0 Å². The Kier molecular flexibility index (Phi) is 59.6. The molecule has 50 valence electrons. The van der Waals surface area contributed by atoms with E-state index in [-0.39, 0.29) is 44.7 Å². The first kappa shape index (κ1) is 22.7. The molecule has 0 rings (SSSR count). The van der Waals surface area contributed by atoms with E-state index in [1.54, 1.807) is 0 Å². The number of nitriles is 1. The second-order valence-electron chi connectivity index (χ2n) is 0.338. The van der Waals surface area contributed by atoms with Crippen molar-refractivity contribution < 1.29 is 55.0 Å². The third-order valence-electron chi connectivity index (χ3n) is 0. The van der Waals surface area contributed by atoms with Crippen LogP contribution in [0, 0.1) is 20.8 Å². The molecule has 1 N–H and O–H groups in total. The number of thiol groups is 1. The van der Waals surface area contributed by atoms with Crippen LogP contribution in [0.2, 0.25) is 0 Å². The zero-order chi connectivity index (χ0) is 6.28. The molecule has 0 fully saturated rings. The van der Waals surface area contributed by atoms with Crippen LogP contribution in [-0.4, -0.2) is 10.3 Å². The van der Waals surface area contributed by atoms with E-state index < -0.39 is 5.09 Å². The first-order valence-electron chi connectivity index (χ1n) is 1.01. The van der Waals surface area contributed by atoms with E-state index in [1.165, 1.54) is 5.40 Å². The molecule has 0 saturated heterocycles. The quantitative estimate of drug-likeness (QED) is 0.205. The fourth-order valence-corrected chi connectivity index (χ4v) is 0. The van der Waals surface area contributed by atoms with Crippen LogP contribution < -0.4 is 0 Å². The molecular weight excluding hydrogens is 377 g/mol. The van der Waals surface area contributed by atoms with Gasteiger partial charge in [0.15, 0.2) is 0 Å². The van der Waals surface area contributed by atoms with Crippen LogP contribution in [0.15, 0.2) is 0 Å². The van der Waals surface area contributed by atoms with Gasteiger partial charge < -0.3 is 5.21 Å². The molecule has 0 aliphatic rings. The SMILES string of the molecule is N#CS.O=[N+]([O-])O.[Fe].[Hg]. The van der Waals surface area contributed by atoms with E-state index in [1.807, 2.05) is 0 Å². The summed E-state index contributed by atoms with van der Waals surface area (Å²) in [6.45, 7) is 0. The summed E-state index contributed by atoms with van der Waals surface area (Å²) in [4.78, 5) is 8.36. The van der Waals surface area contributed by atoms with Gasteiger partial charge in [-0.2, -0.15) is 5.26 Å². The van der Waals surface area contributed by atoms with Gasteiger partial charge in [-0.15, -0.1) is 10.1 Å². The van der Waals surface area contributed by atoms with Gasteiger partial charge >= 0.3 is 0 Å². The predicted molar refractivity (Wildman–Crippen MR) is 23.4 cm³/mol. The first-order valence-corrected chi connectivity index (χ1v) is 1.46. The Morgan fingerprint density at radius 1 is 1.78 bits per heavy atom. The zero-order valence-electron chi connectivity index (χ0n) is 4.17. The summed E-state index contributed by atoms with van der Waals surface area (Å²) in [5.74, 6) is 0. The molecule has 8 heteroatoms. The Morgan fingerprint density at radius 3 is 1.78 bits per heavy atom. The molecule has 0 saturated carbocycles. The van der Waals surface area contributed by atoms with E-state index >= 15 is 0 Å². The van der Waals surface area contributed by atoms with Crippen molar-refractivity contribution in [1.82, 2.24) is 0 Å². The fourth-order valence-electron chi connectivity index (χ4n) is 0. The maximum atomic E-state index is 8.36. The summed E-state index contributed by atoms with van der Waals surface area (Å²) in [5, 5.41) is 22.3. The number of hydrogen-bond acceptors (Lipinski definition) is 4. The summed E-state index contributed by atoms with van der Waals surface area (Å²) in [7, 11) is 0. The molecule has 0 spiro atoms. The molecule has 0 unspecified atom stereocenters. The predicted octanol–water partition coefficient (Wildman–Crippen LogP) is 0.0446. The molecule has 0 aliphatic heterocycles. The van der Waals surface area contributed by atoms with Gasteiger partial charge in [0.1, 0.15) is 5.40 Å². The molecular formula is CH2FeHgN2O3S. The average Bonchev–Trinajstić information content (AvgIpc) is 1.33. The second kappa shape index (κ2) is 23.6. The molecule has 0 aliphatic carbocycles. The molecule has 0 atom stereocenters. The molecule has 0 radical (unpaired) electrons. The standard InChI is InChI=1S/CHNS.Fe.Hg.HNO3/c2-1-3;;;2-1(3)4/h3H;;;(H,2,3,4). The molecule has 0 bridgehead atoms. The summed E-state index contributed by atoms with van der Waals surface area (Å²) >= 11 is 3.09. The van der Waals surface area contributed by atoms with Crippen molar-refractivity contribution in [3.8, 4) is 5.40 Å². The van der Waals surface area contributed by atoms with E-state index in [9.17, 15) is 0 Å². The minimum Gasteiger partial charge on any atom is -0.328 e. The van der Waals surface area contributed by atoms with Gasteiger partial charge in [0.2, 0.25) is 0 Å². The van der Waals surface area contributed by atoms with Crippen LogP contribution in [-0.2, 0) is 44.7 Å². The van der Waals surface area contributed by atoms with Crippen molar-refractivity contribution in [3.63, 3.8) is 0 Å². The Morgan fingerprint density at radius 2 is 1.78 bits per heavy atom. The molecule has 0 aromatic heterocycles. The van der Waals surface area contributed by atoms with Crippen LogP contribution in [0.5, 0.6) is 0 Å². The summed E-state index contributed by atoms with van der Waals surface area (Å²) in [5.41, 5.74) is 0. The molecule has 9 heavy (non-hydrogen) atoms. The molecule has 0 aromatic carbocycles. The van der Waals surface area contributed by atoms with Gasteiger partial charge in [0.05, 0.1) is 0 Å². The Hall–Kier alpha value is 0.495. The van der Waals surface area contributed by atoms with Gasteiger partial charge in [0.25, 0.3) is 5.09 Å². The average molecular weight is 379 g/mol. The van der Waals surface area contributed by atoms with Crippen LogP contribution in [0.3, 0.4) is 0 Å². The van der Waals surface area contributed by atoms with E-state index in [0.717, 1.165) is 0 Å². The minimum atomic E-state index is -1.50. The second-order valence-corrected chi connectivity index (χ2v) is 0.538. The first-order chi connectivity index (χ1) is 3.15. The maximum Gasteiger partial charge on any atom is 0.291 e. The summed E-state index contributed by atoms with van der Waals surface area (Å²) in [6.07, 6.45) is 0. The molecule has 0 aromatic rings. The van der Waals surface area contributed by atoms with Crippen molar-refractivity contribution in [2.45, 2.75) is 0 Å². The van der Waals surface area contributed by atoms with Gasteiger partial charge in [-0.25, -0.2) is 0 Å². The maximum absolute atomic E-state index is 8.36. The van der Waals surface area contributed by atoms with E-state index in [4.69, 9.17) is 20.6 Å². The fraction of sp³-hybridized carbons (Fsp3) is 0. The third kappa shape index (κ3) is 1460. The van der Waals surface area contributed by atoms with Crippen LogP contribution >= 0.6 is 12.6 Å². The Bertz CT molecular complexity index is 90.3. The molecule has 5 nitrogen and oxygen atoms in total. The normalized spacial score (nSPS) is 3.56. The molecule has 0 heterocycles. The largest absolute Gasteiger partial charge is 0.328 e. The molecule has 0 amide bonds. The minimum absolute atomic E-state index is 0. The van der Waals surface area contributed by atoms with Crippen molar-refractivity contribution >= 4 is 12.6 Å². The Balaban J connectivity index is -0.0000000233. The van der Waals surface area contributed by atoms with Crippen molar-refractivity contribution in [3.05, 3.63) is 10.1 Å². The van der Waals surface area contributed by atoms with Crippen molar-refractivity contribution in [1.29, 1.82) is 5.26 Å². The van der Waals surface area contributed by atoms with Crippen molar-refractivity contribution in [2.24, 2.45) is 0 Å². The van der Waals surface area contributed by atoms with E-state index in [0.29, 0.717) is 0 Å².